The summed E-state index contributed by atoms with van der Waals surface area (Å²) in [7, 11) is 0. The maximum atomic E-state index is 12.0. The highest BCUT2D eigenvalue weighted by atomic mass is 16.6. The molecule has 1 aliphatic rings. The standard InChI is InChI=1S/C19H28N2O4/c1-19(2,3)25-18(22)21-11-8-15(9-12-21)10-13-24-17-6-4-16(5-7-17)14-20-23/h4-7,14-15,23H,8-13H2,1-3H3/b20-14-. The van der Waals surface area contributed by atoms with Crippen LogP contribution in [0.25, 0.3) is 0 Å². The van der Waals surface area contributed by atoms with Gasteiger partial charge in [-0.05, 0) is 75.8 Å². The molecular weight excluding hydrogens is 320 g/mol. The fourth-order valence-corrected chi connectivity index (χ4v) is 2.79. The van der Waals surface area contributed by atoms with Crippen LogP contribution in [0.3, 0.4) is 0 Å². The maximum Gasteiger partial charge on any atom is 0.410 e. The predicted molar refractivity (Wildman–Crippen MR) is 96.5 cm³/mol. The predicted octanol–water partition coefficient (Wildman–Crippen LogP) is 3.91. The Morgan fingerprint density at radius 3 is 2.48 bits per heavy atom. The maximum absolute atomic E-state index is 12.0. The third-order valence-electron chi connectivity index (χ3n) is 4.15. The molecule has 1 aromatic carbocycles. The molecule has 1 heterocycles. The molecule has 0 aliphatic carbocycles. The number of rotatable bonds is 5. The van der Waals surface area contributed by atoms with Gasteiger partial charge in [-0.3, -0.25) is 0 Å². The lowest BCUT2D eigenvalue weighted by molar-refractivity contribution is 0.0177. The third-order valence-corrected chi connectivity index (χ3v) is 4.15. The van der Waals surface area contributed by atoms with E-state index in [4.69, 9.17) is 14.7 Å². The Kier molecular flexibility index (Phi) is 6.67. The Labute approximate surface area is 149 Å². The molecule has 0 saturated carbocycles. The molecule has 1 amide bonds. The van der Waals surface area contributed by atoms with Crippen molar-refractivity contribution < 1.29 is 19.5 Å². The van der Waals surface area contributed by atoms with Crippen LogP contribution in [0.2, 0.25) is 0 Å². The van der Waals surface area contributed by atoms with Crippen LogP contribution in [-0.2, 0) is 4.74 Å². The molecule has 0 atom stereocenters. The van der Waals surface area contributed by atoms with Gasteiger partial charge in [-0.15, -0.1) is 0 Å². The van der Waals surface area contributed by atoms with E-state index >= 15 is 0 Å². The van der Waals surface area contributed by atoms with Gasteiger partial charge in [-0.2, -0.15) is 0 Å². The molecule has 1 N–H and O–H groups in total. The van der Waals surface area contributed by atoms with E-state index in [2.05, 4.69) is 5.16 Å². The quantitative estimate of drug-likeness (QED) is 0.497. The highest BCUT2D eigenvalue weighted by Crippen LogP contribution is 2.23. The smallest absolute Gasteiger partial charge is 0.410 e. The molecule has 0 aromatic heterocycles. The first-order chi connectivity index (χ1) is 11.9. The molecule has 6 nitrogen and oxygen atoms in total. The summed E-state index contributed by atoms with van der Waals surface area (Å²) in [6.45, 7) is 7.81. The average Bonchev–Trinajstić information content (AvgIpc) is 2.56. The van der Waals surface area contributed by atoms with E-state index in [1.807, 2.05) is 45.0 Å². The van der Waals surface area contributed by atoms with E-state index in [1.165, 1.54) is 6.21 Å². The number of carbonyl (C=O) groups excluding carboxylic acids is 1. The summed E-state index contributed by atoms with van der Waals surface area (Å²) in [5, 5.41) is 11.5. The summed E-state index contributed by atoms with van der Waals surface area (Å²) in [5.41, 5.74) is 0.379. The van der Waals surface area contributed by atoms with Crippen LogP contribution >= 0.6 is 0 Å². The summed E-state index contributed by atoms with van der Waals surface area (Å²) >= 11 is 0. The Balaban J connectivity index is 1.67. The number of ether oxygens (including phenoxy) is 2. The lowest BCUT2D eigenvalue weighted by Gasteiger charge is -2.33. The van der Waals surface area contributed by atoms with Gasteiger partial charge in [-0.1, -0.05) is 5.16 Å². The second kappa shape index (κ2) is 8.74. The largest absolute Gasteiger partial charge is 0.494 e. The van der Waals surface area contributed by atoms with E-state index in [9.17, 15) is 4.79 Å². The van der Waals surface area contributed by atoms with Crippen LogP contribution in [0.15, 0.2) is 29.4 Å². The number of oxime groups is 1. The topological polar surface area (TPSA) is 71.4 Å². The van der Waals surface area contributed by atoms with Crippen molar-refractivity contribution in [1.29, 1.82) is 0 Å². The van der Waals surface area contributed by atoms with Gasteiger partial charge in [0, 0.05) is 13.1 Å². The fraction of sp³-hybridized carbons (Fsp3) is 0.579. The zero-order valence-electron chi connectivity index (χ0n) is 15.3. The minimum Gasteiger partial charge on any atom is -0.494 e. The van der Waals surface area contributed by atoms with Crippen LogP contribution in [0.1, 0.15) is 45.6 Å². The van der Waals surface area contributed by atoms with E-state index in [0.29, 0.717) is 12.5 Å². The first-order valence-electron chi connectivity index (χ1n) is 8.75. The second-order valence-corrected chi connectivity index (χ2v) is 7.36. The Morgan fingerprint density at radius 1 is 1.28 bits per heavy atom. The Morgan fingerprint density at radius 2 is 1.92 bits per heavy atom. The second-order valence-electron chi connectivity index (χ2n) is 7.36. The minimum absolute atomic E-state index is 0.214. The summed E-state index contributed by atoms with van der Waals surface area (Å²) in [6.07, 6.45) is 4.10. The van der Waals surface area contributed by atoms with Crippen molar-refractivity contribution in [2.75, 3.05) is 19.7 Å². The first-order valence-corrected chi connectivity index (χ1v) is 8.75. The molecule has 25 heavy (non-hydrogen) atoms. The van der Waals surface area contributed by atoms with Gasteiger partial charge in [0.1, 0.15) is 11.4 Å². The molecule has 6 heteroatoms. The minimum atomic E-state index is -0.444. The van der Waals surface area contributed by atoms with Crippen molar-refractivity contribution in [2.24, 2.45) is 11.1 Å². The van der Waals surface area contributed by atoms with E-state index in [-0.39, 0.29) is 6.09 Å². The lowest BCUT2D eigenvalue weighted by Crippen LogP contribution is -2.41. The number of nitrogens with zero attached hydrogens (tertiary/aromatic N) is 2. The van der Waals surface area contributed by atoms with Crippen molar-refractivity contribution >= 4 is 12.3 Å². The number of carbonyl (C=O) groups is 1. The van der Waals surface area contributed by atoms with Crippen molar-refractivity contribution in [1.82, 2.24) is 4.90 Å². The molecule has 1 aromatic rings. The van der Waals surface area contributed by atoms with Crippen LogP contribution in [0, 0.1) is 5.92 Å². The lowest BCUT2D eigenvalue weighted by atomic mass is 9.94. The number of benzene rings is 1. The number of hydrogen-bond acceptors (Lipinski definition) is 5. The number of hydrogen-bond donors (Lipinski definition) is 1. The third kappa shape index (κ3) is 6.64. The number of piperidine rings is 1. The summed E-state index contributed by atoms with van der Waals surface area (Å²) in [6, 6.07) is 7.41. The zero-order chi connectivity index (χ0) is 18.3. The number of likely N-dealkylation sites (tertiary alicyclic amines) is 1. The molecule has 1 aliphatic heterocycles. The van der Waals surface area contributed by atoms with Crippen LogP contribution in [0.5, 0.6) is 5.75 Å². The van der Waals surface area contributed by atoms with Gasteiger partial charge >= 0.3 is 6.09 Å². The van der Waals surface area contributed by atoms with E-state index < -0.39 is 5.60 Å². The van der Waals surface area contributed by atoms with Crippen molar-refractivity contribution in [3.05, 3.63) is 29.8 Å². The summed E-state index contributed by atoms with van der Waals surface area (Å²) in [4.78, 5) is 13.8. The summed E-state index contributed by atoms with van der Waals surface area (Å²) in [5.74, 6) is 1.38. The number of amides is 1. The molecule has 0 radical (unpaired) electrons. The van der Waals surface area contributed by atoms with Gasteiger partial charge in [0.2, 0.25) is 0 Å². The van der Waals surface area contributed by atoms with Crippen molar-refractivity contribution in [3.8, 4) is 5.75 Å². The monoisotopic (exact) mass is 348 g/mol. The molecule has 0 unspecified atom stereocenters. The molecule has 138 valence electrons. The van der Waals surface area contributed by atoms with Gasteiger partial charge in [0.05, 0.1) is 12.8 Å². The van der Waals surface area contributed by atoms with E-state index in [1.54, 1.807) is 4.90 Å². The average molecular weight is 348 g/mol. The molecule has 2 rings (SSSR count). The normalized spacial score (nSPS) is 16.2. The van der Waals surface area contributed by atoms with Crippen LogP contribution in [0.4, 0.5) is 4.79 Å². The molecule has 0 bridgehead atoms. The Bertz CT molecular complexity index is 570. The van der Waals surface area contributed by atoms with Crippen LogP contribution in [-0.4, -0.2) is 47.7 Å². The highest BCUT2D eigenvalue weighted by molar-refractivity contribution is 5.79. The van der Waals surface area contributed by atoms with Gasteiger partial charge in [0.25, 0.3) is 0 Å². The first kappa shape index (κ1) is 19.1. The van der Waals surface area contributed by atoms with Gasteiger partial charge in [0.15, 0.2) is 0 Å². The SMILES string of the molecule is CC(C)(C)OC(=O)N1CCC(CCOc2ccc(/C=N\O)cc2)CC1. The van der Waals surface area contributed by atoms with Crippen LogP contribution < -0.4 is 4.74 Å². The highest BCUT2D eigenvalue weighted by Gasteiger charge is 2.26. The van der Waals surface area contributed by atoms with E-state index in [0.717, 1.165) is 43.7 Å². The fourth-order valence-electron chi connectivity index (χ4n) is 2.79. The van der Waals surface area contributed by atoms with Gasteiger partial charge in [-0.25, -0.2) is 4.79 Å². The molecule has 1 fully saturated rings. The molecule has 0 spiro atoms. The molecular formula is C19H28N2O4. The zero-order valence-corrected chi connectivity index (χ0v) is 15.3. The van der Waals surface area contributed by atoms with Crippen molar-refractivity contribution in [2.45, 2.75) is 45.6 Å². The summed E-state index contributed by atoms with van der Waals surface area (Å²) < 4.78 is 11.2. The molecule has 1 saturated heterocycles. The van der Waals surface area contributed by atoms with Gasteiger partial charge < -0.3 is 19.6 Å². The van der Waals surface area contributed by atoms with Crippen molar-refractivity contribution in [3.63, 3.8) is 0 Å². The Hall–Kier alpha value is -2.24.